The molecule has 1 aromatic carbocycles. The van der Waals surface area contributed by atoms with E-state index >= 15 is 0 Å². The Kier molecular flexibility index (Phi) is 6.14. The van der Waals surface area contributed by atoms with Gasteiger partial charge in [-0.15, -0.1) is 0 Å². The maximum absolute atomic E-state index is 13.1. The van der Waals surface area contributed by atoms with Crippen LogP contribution < -0.4 is 0 Å². The number of benzene rings is 1. The normalized spacial score (nSPS) is 18.3. The molecule has 0 spiro atoms. The van der Waals surface area contributed by atoms with Crippen LogP contribution in [0.3, 0.4) is 0 Å². The van der Waals surface area contributed by atoms with Crippen LogP contribution in [-0.2, 0) is 19.4 Å². The summed E-state index contributed by atoms with van der Waals surface area (Å²) in [6.45, 7) is 7.13. The summed E-state index contributed by atoms with van der Waals surface area (Å²) >= 11 is 0. The first kappa shape index (κ1) is 21.1. The zero-order chi connectivity index (χ0) is 20.4. The third-order valence-corrected chi connectivity index (χ3v) is 5.94. The Balaban J connectivity index is 2.20. The highest BCUT2D eigenvalue weighted by atomic mass is 32.2. The highest BCUT2D eigenvalue weighted by Crippen LogP contribution is 2.20. The van der Waals surface area contributed by atoms with E-state index < -0.39 is 33.4 Å². The van der Waals surface area contributed by atoms with E-state index in [0.717, 1.165) is 12.1 Å². The summed E-state index contributed by atoms with van der Waals surface area (Å²) in [4.78, 5) is 27.1. The molecule has 7 nitrogen and oxygen atoms in total. The average Bonchev–Trinajstić information content (AvgIpc) is 2.53. The van der Waals surface area contributed by atoms with Crippen LogP contribution in [0.2, 0.25) is 0 Å². The van der Waals surface area contributed by atoms with Crippen molar-refractivity contribution in [2.75, 3.05) is 25.4 Å². The topological polar surface area (TPSA) is 84.0 Å². The van der Waals surface area contributed by atoms with Crippen molar-refractivity contribution in [3.8, 4) is 0 Å². The van der Waals surface area contributed by atoms with Gasteiger partial charge in [0.1, 0.15) is 11.4 Å². The molecular weight excluding hydrogens is 375 g/mol. The lowest BCUT2D eigenvalue weighted by atomic mass is 10.2. The second-order valence-electron chi connectivity index (χ2n) is 7.53. The molecule has 0 radical (unpaired) electrons. The number of hydrogen-bond donors (Lipinski definition) is 0. The fraction of sp³-hybridized carbons (Fsp3) is 0.556. The van der Waals surface area contributed by atoms with E-state index in [9.17, 15) is 22.4 Å². The van der Waals surface area contributed by atoms with Crippen molar-refractivity contribution in [1.29, 1.82) is 0 Å². The van der Waals surface area contributed by atoms with Gasteiger partial charge in [-0.3, -0.25) is 4.79 Å². The number of amides is 2. The van der Waals surface area contributed by atoms with Crippen LogP contribution in [0.1, 0.15) is 27.7 Å². The molecule has 0 unspecified atom stereocenters. The summed E-state index contributed by atoms with van der Waals surface area (Å²) in [5, 5.41) is 0. The minimum atomic E-state index is -3.77. The van der Waals surface area contributed by atoms with Crippen LogP contribution in [0.15, 0.2) is 29.2 Å². The van der Waals surface area contributed by atoms with E-state index in [1.165, 1.54) is 28.9 Å². The lowest BCUT2D eigenvalue weighted by molar-refractivity contribution is -0.133. The molecule has 1 saturated heterocycles. The highest BCUT2D eigenvalue weighted by molar-refractivity contribution is 7.91. The van der Waals surface area contributed by atoms with Crippen molar-refractivity contribution < 1.29 is 27.1 Å². The second kappa shape index (κ2) is 7.84. The molecule has 0 saturated carbocycles. The number of ether oxygens (including phenoxy) is 1. The predicted octanol–water partition coefficient (Wildman–Crippen LogP) is 2.07. The quantitative estimate of drug-likeness (QED) is 0.726. The van der Waals surface area contributed by atoms with Crippen molar-refractivity contribution in [2.45, 2.75) is 44.2 Å². The van der Waals surface area contributed by atoms with Crippen LogP contribution in [0, 0.1) is 5.82 Å². The van der Waals surface area contributed by atoms with Crippen LogP contribution in [-0.4, -0.2) is 67.2 Å². The number of nitrogens with zero attached hydrogens (tertiary/aromatic N) is 2. The minimum absolute atomic E-state index is 0.0261. The monoisotopic (exact) mass is 400 g/mol. The van der Waals surface area contributed by atoms with Crippen LogP contribution in [0.4, 0.5) is 9.18 Å². The molecule has 0 N–H and O–H groups in total. The third-order valence-electron chi connectivity index (χ3n) is 4.12. The first-order valence-electron chi connectivity index (χ1n) is 8.62. The number of hydrogen-bond acceptors (Lipinski definition) is 5. The number of carbonyl (C=O) groups excluding carboxylic acids is 2. The predicted molar refractivity (Wildman–Crippen MR) is 97.4 cm³/mol. The Hall–Kier alpha value is -2.16. The van der Waals surface area contributed by atoms with E-state index in [1.54, 1.807) is 20.8 Å². The molecule has 9 heteroatoms. The zero-order valence-electron chi connectivity index (χ0n) is 15.9. The maximum Gasteiger partial charge on any atom is 0.410 e. The summed E-state index contributed by atoms with van der Waals surface area (Å²) < 4.78 is 43.8. The molecule has 1 atom stereocenters. The molecule has 150 valence electrons. The Morgan fingerprint density at radius 2 is 1.78 bits per heavy atom. The van der Waals surface area contributed by atoms with E-state index in [-0.39, 0.29) is 36.2 Å². The minimum Gasteiger partial charge on any atom is -0.444 e. The van der Waals surface area contributed by atoms with Crippen molar-refractivity contribution in [3.05, 3.63) is 30.1 Å². The number of carbonyl (C=O) groups is 2. The Morgan fingerprint density at radius 3 is 2.30 bits per heavy atom. The molecule has 1 aliphatic rings. The average molecular weight is 400 g/mol. The molecular formula is C18H25FN2O5S. The smallest absolute Gasteiger partial charge is 0.410 e. The SMILES string of the molecule is CC(=O)N1CCN(C(=O)OC(C)(C)C)C[C@H]1CS(=O)(=O)c1ccc(F)cc1. The molecule has 1 aromatic rings. The Morgan fingerprint density at radius 1 is 1.19 bits per heavy atom. The lowest BCUT2D eigenvalue weighted by Crippen LogP contribution is -2.58. The van der Waals surface area contributed by atoms with Crippen molar-refractivity contribution in [3.63, 3.8) is 0 Å². The standard InChI is InChI=1S/C18H25FN2O5S/c1-13(22)21-10-9-20(17(23)26-18(2,3)4)11-15(21)12-27(24,25)16-7-5-14(19)6-8-16/h5-8,15H,9-12H2,1-4H3/t15-/m0/s1. The van der Waals surface area contributed by atoms with Gasteiger partial charge in [-0.2, -0.15) is 0 Å². The summed E-state index contributed by atoms with van der Waals surface area (Å²) in [5.74, 6) is -1.16. The van der Waals surface area contributed by atoms with Gasteiger partial charge in [-0.05, 0) is 45.0 Å². The summed E-state index contributed by atoms with van der Waals surface area (Å²) in [5.41, 5.74) is -0.676. The zero-order valence-corrected chi connectivity index (χ0v) is 16.8. The fourth-order valence-corrected chi connectivity index (χ4v) is 4.43. The molecule has 1 fully saturated rings. The molecule has 27 heavy (non-hydrogen) atoms. The van der Waals surface area contributed by atoms with E-state index in [1.807, 2.05) is 0 Å². The molecule has 1 aliphatic heterocycles. The van der Waals surface area contributed by atoms with Gasteiger partial charge in [0, 0.05) is 26.6 Å². The molecule has 1 heterocycles. The van der Waals surface area contributed by atoms with Gasteiger partial charge in [-0.1, -0.05) is 0 Å². The summed E-state index contributed by atoms with van der Waals surface area (Å²) in [6, 6.07) is 3.82. The third kappa shape index (κ3) is 5.66. The van der Waals surface area contributed by atoms with Gasteiger partial charge >= 0.3 is 6.09 Å². The van der Waals surface area contributed by atoms with Gasteiger partial charge in [0.05, 0.1) is 16.7 Å². The van der Waals surface area contributed by atoms with Crippen LogP contribution >= 0.6 is 0 Å². The number of piperazine rings is 1. The van der Waals surface area contributed by atoms with Gasteiger partial charge < -0.3 is 14.5 Å². The first-order valence-corrected chi connectivity index (χ1v) is 10.3. The number of halogens is 1. The van der Waals surface area contributed by atoms with Gasteiger partial charge in [-0.25, -0.2) is 17.6 Å². The fourth-order valence-electron chi connectivity index (χ4n) is 2.90. The lowest BCUT2D eigenvalue weighted by Gasteiger charge is -2.41. The van der Waals surface area contributed by atoms with Crippen LogP contribution in [0.25, 0.3) is 0 Å². The first-order chi connectivity index (χ1) is 12.4. The number of sulfone groups is 1. The maximum atomic E-state index is 13.1. The second-order valence-corrected chi connectivity index (χ2v) is 9.56. The molecule has 0 bridgehead atoms. The van der Waals surface area contributed by atoms with E-state index in [2.05, 4.69) is 0 Å². The van der Waals surface area contributed by atoms with E-state index in [0.29, 0.717) is 0 Å². The van der Waals surface area contributed by atoms with E-state index in [4.69, 9.17) is 4.74 Å². The Bertz CT molecular complexity index is 802. The summed E-state index contributed by atoms with van der Waals surface area (Å²) in [6.07, 6.45) is -0.546. The van der Waals surface area contributed by atoms with Crippen molar-refractivity contribution in [1.82, 2.24) is 9.80 Å². The van der Waals surface area contributed by atoms with Gasteiger partial charge in [0.2, 0.25) is 5.91 Å². The van der Waals surface area contributed by atoms with Gasteiger partial charge in [0.25, 0.3) is 0 Å². The molecule has 2 amide bonds. The molecule has 2 rings (SSSR count). The van der Waals surface area contributed by atoms with Gasteiger partial charge in [0.15, 0.2) is 9.84 Å². The Labute approximate surface area is 159 Å². The highest BCUT2D eigenvalue weighted by Gasteiger charge is 2.36. The molecule has 0 aliphatic carbocycles. The van der Waals surface area contributed by atoms with Crippen molar-refractivity contribution in [2.24, 2.45) is 0 Å². The molecule has 0 aromatic heterocycles. The summed E-state index contributed by atoms with van der Waals surface area (Å²) in [7, 11) is -3.77. The van der Waals surface area contributed by atoms with Crippen molar-refractivity contribution >= 4 is 21.8 Å². The number of rotatable bonds is 3. The van der Waals surface area contributed by atoms with Crippen LogP contribution in [0.5, 0.6) is 0 Å². The largest absolute Gasteiger partial charge is 0.444 e.